The fourth-order valence-corrected chi connectivity index (χ4v) is 3.42. The molecule has 0 spiro atoms. The van der Waals surface area contributed by atoms with Gasteiger partial charge < -0.3 is 10.5 Å². The van der Waals surface area contributed by atoms with Gasteiger partial charge in [0.15, 0.2) is 0 Å². The number of nitrogens with two attached hydrogens (primary N) is 1. The van der Waals surface area contributed by atoms with Gasteiger partial charge in [-0.3, -0.25) is 0 Å². The summed E-state index contributed by atoms with van der Waals surface area (Å²) in [5.41, 5.74) is 9.86. The molecular formula is C17H19NOS. The van der Waals surface area contributed by atoms with Crippen LogP contribution in [0.25, 0.3) is 0 Å². The number of rotatable bonds is 4. The summed E-state index contributed by atoms with van der Waals surface area (Å²) in [6.07, 6.45) is 5.69. The lowest BCUT2D eigenvalue weighted by molar-refractivity contribution is 0.473. The molecule has 3 heteroatoms. The van der Waals surface area contributed by atoms with Crippen LogP contribution in [0.3, 0.4) is 0 Å². The van der Waals surface area contributed by atoms with Crippen LogP contribution in [-0.2, 0) is 19.4 Å². The second kappa shape index (κ2) is 5.90. The molecule has 1 aliphatic rings. The van der Waals surface area contributed by atoms with Gasteiger partial charge in [0, 0.05) is 17.0 Å². The lowest BCUT2D eigenvalue weighted by Gasteiger charge is -2.13. The minimum atomic E-state index is 0.497. The molecule has 0 atom stereocenters. The number of ether oxygens (including phenoxy) is 1. The predicted molar refractivity (Wildman–Crippen MR) is 84.7 cm³/mol. The molecule has 2 N–H and O–H groups in total. The molecule has 20 heavy (non-hydrogen) atoms. The molecule has 104 valence electrons. The summed E-state index contributed by atoms with van der Waals surface area (Å²) in [5.74, 6) is 1.79. The van der Waals surface area contributed by atoms with Crippen molar-refractivity contribution >= 4 is 11.8 Å². The van der Waals surface area contributed by atoms with Gasteiger partial charge >= 0.3 is 0 Å². The largest absolute Gasteiger partial charge is 0.457 e. The van der Waals surface area contributed by atoms with Crippen LogP contribution >= 0.6 is 11.8 Å². The maximum Gasteiger partial charge on any atom is 0.133 e. The van der Waals surface area contributed by atoms with E-state index in [0.29, 0.717) is 6.54 Å². The minimum Gasteiger partial charge on any atom is -0.457 e. The Hall–Kier alpha value is -1.45. The molecule has 0 amide bonds. The van der Waals surface area contributed by atoms with Crippen LogP contribution in [-0.4, -0.2) is 6.26 Å². The highest BCUT2D eigenvalue weighted by atomic mass is 32.2. The lowest BCUT2D eigenvalue weighted by atomic mass is 10.1. The van der Waals surface area contributed by atoms with Crippen LogP contribution in [0.1, 0.15) is 23.1 Å². The Morgan fingerprint density at radius 1 is 1.15 bits per heavy atom. The van der Waals surface area contributed by atoms with Gasteiger partial charge in [0.05, 0.1) is 0 Å². The number of hydrogen-bond acceptors (Lipinski definition) is 3. The van der Waals surface area contributed by atoms with E-state index < -0.39 is 0 Å². The number of aryl methyl sites for hydroxylation is 2. The summed E-state index contributed by atoms with van der Waals surface area (Å²) in [6, 6.07) is 12.5. The molecule has 0 saturated heterocycles. The maximum absolute atomic E-state index is 6.07. The van der Waals surface area contributed by atoms with Crippen molar-refractivity contribution in [3.8, 4) is 11.5 Å². The SMILES string of the molecule is CSc1cccc(Oc2ccc3c(c2)CCC3)c1CN. The van der Waals surface area contributed by atoms with Gasteiger partial charge in [-0.05, 0) is 60.9 Å². The molecule has 0 aliphatic heterocycles. The molecule has 1 aliphatic carbocycles. The van der Waals surface area contributed by atoms with Gasteiger partial charge in [-0.1, -0.05) is 12.1 Å². The van der Waals surface area contributed by atoms with Gasteiger partial charge in [-0.15, -0.1) is 11.8 Å². The summed E-state index contributed by atoms with van der Waals surface area (Å²) < 4.78 is 6.07. The fraction of sp³-hybridized carbons (Fsp3) is 0.294. The van der Waals surface area contributed by atoms with E-state index in [1.165, 1.54) is 35.3 Å². The van der Waals surface area contributed by atoms with E-state index in [1.54, 1.807) is 11.8 Å². The van der Waals surface area contributed by atoms with Crippen molar-refractivity contribution in [3.63, 3.8) is 0 Å². The summed E-state index contributed by atoms with van der Waals surface area (Å²) in [5, 5.41) is 0. The van der Waals surface area contributed by atoms with Crippen LogP contribution in [0, 0.1) is 0 Å². The van der Waals surface area contributed by atoms with Crippen molar-refractivity contribution in [2.75, 3.05) is 6.26 Å². The Bertz CT molecular complexity index is 624. The Morgan fingerprint density at radius 2 is 2.00 bits per heavy atom. The summed E-state index contributed by atoms with van der Waals surface area (Å²) in [6.45, 7) is 0.497. The van der Waals surface area contributed by atoms with E-state index in [2.05, 4.69) is 30.5 Å². The van der Waals surface area contributed by atoms with Gasteiger partial charge in [-0.25, -0.2) is 0 Å². The van der Waals surface area contributed by atoms with E-state index in [4.69, 9.17) is 10.5 Å². The van der Waals surface area contributed by atoms with Crippen molar-refractivity contribution in [2.24, 2.45) is 5.73 Å². The fourth-order valence-electron chi connectivity index (χ4n) is 2.77. The van der Waals surface area contributed by atoms with Gasteiger partial charge in [-0.2, -0.15) is 0 Å². The highest BCUT2D eigenvalue weighted by molar-refractivity contribution is 7.98. The summed E-state index contributed by atoms with van der Waals surface area (Å²) in [4.78, 5) is 1.19. The first-order chi connectivity index (χ1) is 9.81. The third kappa shape index (κ3) is 2.56. The summed E-state index contributed by atoms with van der Waals surface area (Å²) in [7, 11) is 0. The van der Waals surface area contributed by atoms with Crippen LogP contribution in [0.5, 0.6) is 11.5 Å². The smallest absolute Gasteiger partial charge is 0.133 e. The zero-order valence-electron chi connectivity index (χ0n) is 11.7. The Labute approximate surface area is 124 Å². The highest BCUT2D eigenvalue weighted by Gasteiger charge is 2.13. The van der Waals surface area contributed by atoms with Crippen LogP contribution in [0.2, 0.25) is 0 Å². The Kier molecular flexibility index (Phi) is 3.99. The average Bonchev–Trinajstić information content (AvgIpc) is 2.94. The Balaban J connectivity index is 1.91. The maximum atomic E-state index is 6.07. The first-order valence-corrected chi connectivity index (χ1v) is 8.20. The van der Waals surface area contributed by atoms with Gasteiger partial charge in [0.1, 0.15) is 11.5 Å². The molecule has 0 heterocycles. The highest BCUT2D eigenvalue weighted by Crippen LogP contribution is 2.33. The van der Waals surface area contributed by atoms with E-state index >= 15 is 0 Å². The number of hydrogen-bond donors (Lipinski definition) is 1. The number of thioether (sulfide) groups is 1. The van der Waals surface area contributed by atoms with Crippen LogP contribution in [0.15, 0.2) is 41.3 Å². The first-order valence-electron chi connectivity index (χ1n) is 6.97. The monoisotopic (exact) mass is 285 g/mol. The van der Waals surface area contributed by atoms with Crippen molar-refractivity contribution in [3.05, 3.63) is 53.1 Å². The molecule has 3 rings (SSSR count). The molecule has 0 fully saturated rings. The standard InChI is InChI=1S/C17H19NOS/c1-20-17-7-3-6-16(15(17)11-18)19-14-9-8-12-4-2-5-13(12)10-14/h3,6-10H,2,4-5,11,18H2,1H3. The predicted octanol–water partition coefficient (Wildman–Crippen LogP) is 4.15. The van der Waals surface area contributed by atoms with E-state index in [0.717, 1.165) is 17.1 Å². The topological polar surface area (TPSA) is 35.2 Å². The number of fused-ring (bicyclic) bond motifs is 1. The molecule has 0 radical (unpaired) electrons. The number of benzene rings is 2. The molecule has 0 unspecified atom stereocenters. The van der Waals surface area contributed by atoms with Gasteiger partial charge in [0.2, 0.25) is 0 Å². The average molecular weight is 285 g/mol. The second-order valence-corrected chi connectivity index (χ2v) is 5.88. The molecule has 0 bridgehead atoms. The minimum absolute atomic E-state index is 0.497. The molecule has 0 saturated carbocycles. The summed E-state index contributed by atoms with van der Waals surface area (Å²) >= 11 is 1.70. The van der Waals surface area contributed by atoms with E-state index in [-0.39, 0.29) is 0 Å². The van der Waals surface area contributed by atoms with Crippen molar-refractivity contribution in [2.45, 2.75) is 30.7 Å². The third-order valence-corrected chi connectivity index (χ3v) is 4.63. The molecular weight excluding hydrogens is 266 g/mol. The van der Waals surface area contributed by atoms with E-state index in [1.807, 2.05) is 12.1 Å². The molecule has 2 aromatic carbocycles. The normalized spacial score (nSPS) is 13.3. The second-order valence-electron chi connectivity index (χ2n) is 5.03. The third-order valence-electron chi connectivity index (χ3n) is 3.81. The van der Waals surface area contributed by atoms with Crippen molar-refractivity contribution in [1.29, 1.82) is 0 Å². The van der Waals surface area contributed by atoms with Crippen LogP contribution in [0.4, 0.5) is 0 Å². The lowest BCUT2D eigenvalue weighted by Crippen LogP contribution is -2.01. The zero-order chi connectivity index (χ0) is 13.9. The van der Waals surface area contributed by atoms with E-state index in [9.17, 15) is 0 Å². The van der Waals surface area contributed by atoms with Crippen molar-refractivity contribution in [1.82, 2.24) is 0 Å². The molecule has 2 aromatic rings. The zero-order valence-corrected chi connectivity index (χ0v) is 12.5. The first kappa shape index (κ1) is 13.5. The Morgan fingerprint density at radius 3 is 2.80 bits per heavy atom. The van der Waals surface area contributed by atoms with Crippen molar-refractivity contribution < 1.29 is 4.74 Å². The molecule has 2 nitrogen and oxygen atoms in total. The van der Waals surface area contributed by atoms with Gasteiger partial charge in [0.25, 0.3) is 0 Å². The molecule has 0 aromatic heterocycles. The quantitative estimate of drug-likeness (QED) is 0.857. The van der Waals surface area contributed by atoms with Crippen LogP contribution < -0.4 is 10.5 Å².